The van der Waals surface area contributed by atoms with Gasteiger partial charge in [0.05, 0.1) is 6.42 Å². The Morgan fingerprint density at radius 1 is 1.20 bits per heavy atom. The van der Waals surface area contributed by atoms with E-state index in [-0.39, 0.29) is 12.6 Å². The van der Waals surface area contributed by atoms with Crippen molar-refractivity contribution in [3.8, 4) is 0 Å². The molecule has 2 nitrogen and oxygen atoms in total. The lowest BCUT2D eigenvalue weighted by molar-refractivity contribution is -0.139. The summed E-state index contributed by atoms with van der Waals surface area (Å²) in [4.78, 5) is 1.91. The standard InChI is InChI=1S/C15H29F3N2/c1-5-7-19-13-10-11(2)9-12(3)14(13)20(4)8-6-15(16,17)18/h11-14,19H,5-10H2,1-4H3. The molecule has 1 aliphatic carbocycles. The number of hydrogen-bond donors (Lipinski definition) is 1. The highest BCUT2D eigenvalue weighted by atomic mass is 19.4. The van der Waals surface area contributed by atoms with E-state index in [4.69, 9.17) is 0 Å². The van der Waals surface area contributed by atoms with Crippen LogP contribution in [0.3, 0.4) is 0 Å². The zero-order valence-electron chi connectivity index (χ0n) is 13.1. The SMILES string of the molecule is CCCNC1CC(C)CC(C)C1N(C)CCC(F)(F)F. The van der Waals surface area contributed by atoms with E-state index in [2.05, 4.69) is 26.1 Å². The maximum atomic E-state index is 12.4. The Morgan fingerprint density at radius 3 is 2.40 bits per heavy atom. The summed E-state index contributed by atoms with van der Waals surface area (Å²) < 4.78 is 37.2. The molecular formula is C15H29F3N2. The molecule has 0 aromatic carbocycles. The molecule has 0 spiro atoms. The van der Waals surface area contributed by atoms with Gasteiger partial charge in [0.1, 0.15) is 0 Å². The number of hydrogen-bond acceptors (Lipinski definition) is 2. The summed E-state index contributed by atoms with van der Waals surface area (Å²) in [6, 6.07) is 0.520. The van der Waals surface area contributed by atoms with Gasteiger partial charge in [-0.1, -0.05) is 20.8 Å². The molecule has 1 saturated carbocycles. The quantitative estimate of drug-likeness (QED) is 0.804. The summed E-state index contributed by atoms with van der Waals surface area (Å²) in [6.07, 6.45) is -1.57. The highest BCUT2D eigenvalue weighted by Gasteiger charge is 2.37. The molecular weight excluding hydrogens is 265 g/mol. The highest BCUT2D eigenvalue weighted by Crippen LogP contribution is 2.32. The minimum absolute atomic E-state index is 0.0944. The third kappa shape index (κ3) is 5.60. The van der Waals surface area contributed by atoms with Gasteiger partial charge in [0.15, 0.2) is 0 Å². The second-order valence-electron chi connectivity index (χ2n) is 6.45. The molecule has 1 rings (SSSR count). The first-order valence-corrected chi connectivity index (χ1v) is 7.75. The van der Waals surface area contributed by atoms with Crippen LogP contribution < -0.4 is 5.32 Å². The summed E-state index contributed by atoms with van der Waals surface area (Å²) >= 11 is 0. The third-order valence-electron chi connectivity index (χ3n) is 4.34. The van der Waals surface area contributed by atoms with Crippen molar-refractivity contribution in [1.29, 1.82) is 0 Å². The van der Waals surface area contributed by atoms with Crippen LogP contribution in [0.5, 0.6) is 0 Å². The Labute approximate surface area is 121 Å². The maximum absolute atomic E-state index is 12.4. The van der Waals surface area contributed by atoms with Gasteiger partial charge in [-0.3, -0.25) is 0 Å². The smallest absolute Gasteiger partial charge is 0.312 e. The second-order valence-corrected chi connectivity index (χ2v) is 6.45. The molecule has 20 heavy (non-hydrogen) atoms. The molecule has 1 fully saturated rings. The normalized spacial score (nSPS) is 31.8. The van der Waals surface area contributed by atoms with Gasteiger partial charge in [-0.05, 0) is 44.7 Å². The van der Waals surface area contributed by atoms with Gasteiger partial charge in [0.2, 0.25) is 0 Å². The van der Waals surface area contributed by atoms with Gasteiger partial charge in [-0.2, -0.15) is 13.2 Å². The van der Waals surface area contributed by atoms with E-state index >= 15 is 0 Å². The zero-order valence-corrected chi connectivity index (χ0v) is 13.1. The number of likely N-dealkylation sites (N-methyl/N-ethyl adjacent to an activating group) is 1. The highest BCUT2D eigenvalue weighted by molar-refractivity contribution is 4.93. The van der Waals surface area contributed by atoms with Gasteiger partial charge >= 0.3 is 6.18 Å². The van der Waals surface area contributed by atoms with Gasteiger partial charge in [-0.25, -0.2) is 0 Å². The molecule has 0 bridgehead atoms. The van der Waals surface area contributed by atoms with Gasteiger partial charge in [-0.15, -0.1) is 0 Å². The van der Waals surface area contributed by atoms with Crippen LogP contribution in [0.15, 0.2) is 0 Å². The first-order chi connectivity index (χ1) is 9.24. The largest absolute Gasteiger partial charge is 0.390 e. The molecule has 120 valence electrons. The molecule has 0 saturated heterocycles. The first kappa shape index (κ1) is 17.8. The molecule has 1 aliphatic rings. The Kier molecular flexibility index (Phi) is 6.79. The molecule has 4 unspecified atom stereocenters. The summed E-state index contributed by atoms with van der Waals surface area (Å²) in [5.74, 6) is 1.08. The van der Waals surface area contributed by atoms with Crippen molar-refractivity contribution in [2.24, 2.45) is 11.8 Å². The number of nitrogens with zero attached hydrogens (tertiary/aromatic N) is 1. The van der Waals surface area contributed by atoms with Crippen LogP contribution in [-0.4, -0.2) is 43.3 Å². The maximum Gasteiger partial charge on any atom is 0.390 e. The molecule has 4 atom stereocenters. The van der Waals surface area contributed by atoms with Crippen LogP contribution >= 0.6 is 0 Å². The van der Waals surface area contributed by atoms with E-state index in [0.29, 0.717) is 17.9 Å². The molecule has 0 aromatic rings. The number of nitrogens with one attached hydrogen (secondary N) is 1. The Bertz CT molecular complexity index is 281. The molecule has 0 aromatic heterocycles. The topological polar surface area (TPSA) is 15.3 Å². The molecule has 0 aliphatic heterocycles. The lowest BCUT2D eigenvalue weighted by Crippen LogP contribution is -2.56. The summed E-state index contributed by atoms with van der Waals surface area (Å²) in [5, 5.41) is 3.54. The Hall–Kier alpha value is -0.290. The van der Waals surface area contributed by atoms with E-state index in [1.165, 1.54) is 0 Å². The molecule has 5 heteroatoms. The predicted molar refractivity (Wildman–Crippen MR) is 76.7 cm³/mol. The van der Waals surface area contributed by atoms with E-state index in [1.54, 1.807) is 0 Å². The Balaban J connectivity index is 2.64. The second kappa shape index (κ2) is 7.64. The summed E-state index contributed by atoms with van der Waals surface area (Å²) in [7, 11) is 1.84. The lowest BCUT2D eigenvalue weighted by atomic mass is 9.76. The van der Waals surface area contributed by atoms with Crippen molar-refractivity contribution in [3.63, 3.8) is 0 Å². The van der Waals surface area contributed by atoms with Gasteiger partial charge < -0.3 is 10.2 Å². The first-order valence-electron chi connectivity index (χ1n) is 7.75. The van der Waals surface area contributed by atoms with Crippen molar-refractivity contribution < 1.29 is 13.2 Å². The molecule has 1 N–H and O–H groups in total. The van der Waals surface area contributed by atoms with Gasteiger partial charge in [0.25, 0.3) is 0 Å². The number of halogens is 3. The van der Waals surface area contributed by atoms with Crippen molar-refractivity contribution >= 4 is 0 Å². The summed E-state index contributed by atoms with van der Waals surface area (Å²) in [5.41, 5.74) is 0. The van der Waals surface area contributed by atoms with Crippen molar-refractivity contribution in [2.75, 3.05) is 20.1 Å². The number of rotatable bonds is 6. The summed E-state index contributed by atoms with van der Waals surface area (Å²) in [6.45, 7) is 7.56. The minimum Gasteiger partial charge on any atom is -0.312 e. The lowest BCUT2D eigenvalue weighted by Gasteiger charge is -2.45. The van der Waals surface area contributed by atoms with E-state index in [0.717, 1.165) is 25.8 Å². The van der Waals surface area contributed by atoms with E-state index < -0.39 is 12.6 Å². The zero-order chi connectivity index (χ0) is 15.3. The van der Waals surface area contributed by atoms with Crippen molar-refractivity contribution in [3.05, 3.63) is 0 Å². The van der Waals surface area contributed by atoms with Gasteiger partial charge in [0, 0.05) is 18.6 Å². The average molecular weight is 294 g/mol. The van der Waals surface area contributed by atoms with Crippen LogP contribution in [0.25, 0.3) is 0 Å². The predicted octanol–water partition coefficient (Wildman–Crippen LogP) is 3.67. The minimum atomic E-state index is -4.06. The molecule has 0 radical (unpaired) electrons. The Morgan fingerprint density at radius 2 is 1.85 bits per heavy atom. The third-order valence-corrected chi connectivity index (χ3v) is 4.34. The fourth-order valence-corrected chi connectivity index (χ4v) is 3.57. The van der Waals surface area contributed by atoms with Crippen molar-refractivity contribution in [2.45, 2.75) is 64.7 Å². The van der Waals surface area contributed by atoms with Crippen molar-refractivity contribution in [1.82, 2.24) is 10.2 Å². The van der Waals surface area contributed by atoms with Crippen LogP contribution in [0.1, 0.15) is 46.5 Å². The van der Waals surface area contributed by atoms with E-state index in [9.17, 15) is 13.2 Å². The average Bonchev–Trinajstić information content (AvgIpc) is 2.32. The fraction of sp³-hybridized carbons (Fsp3) is 1.00. The molecule has 0 amide bonds. The fourth-order valence-electron chi connectivity index (χ4n) is 3.57. The van der Waals surface area contributed by atoms with Crippen LogP contribution in [0.2, 0.25) is 0 Å². The monoisotopic (exact) mass is 294 g/mol. The molecule has 0 heterocycles. The van der Waals surface area contributed by atoms with E-state index in [1.807, 2.05) is 11.9 Å². The van der Waals surface area contributed by atoms with Crippen LogP contribution in [0, 0.1) is 11.8 Å². The van der Waals surface area contributed by atoms with Crippen LogP contribution in [-0.2, 0) is 0 Å². The number of alkyl halides is 3. The van der Waals surface area contributed by atoms with Crippen LogP contribution in [0.4, 0.5) is 13.2 Å².